The van der Waals surface area contributed by atoms with Gasteiger partial charge >= 0.3 is 5.51 Å². The van der Waals surface area contributed by atoms with Crippen molar-refractivity contribution in [3.8, 4) is 0 Å². The Hall–Kier alpha value is -0.340. The number of ether oxygens (including phenoxy) is 2. The molecule has 1 aliphatic heterocycles. The summed E-state index contributed by atoms with van der Waals surface area (Å²) in [5.74, 6) is -0.851. The number of alkyl halides is 3. The van der Waals surface area contributed by atoms with Gasteiger partial charge in [0.15, 0.2) is 5.79 Å². The molecule has 3 saturated carbocycles. The smallest absolute Gasteiger partial charge is 0.344 e. The first-order valence-corrected chi connectivity index (χ1v) is 9.35. The summed E-state index contributed by atoms with van der Waals surface area (Å²) in [5.41, 5.74) is -6.51. The Morgan fingerprint density at radius 1 is 0.955 bits per heavy atom. The number of hydrogen-bond donors (Lipinski definition) is 0. The molecule has 2 spiro atoms. The molecule has 3 atom stereocenters. The molecule has 3 aliphatic carbocycles. The Morgan fingerprint density at radius 2 is 1.64 bits per heavy atom. The largest absolute Gasteiger partial charge is 0.498 e. The van der Waals surface area contributed by atoms with Crippen LogP contribution >= 0.6 is 0 Å². The van der Waals surface area contributed by atoms with Crippen molar-refractivity contribution in [3.63, 3.8) is 0 Å². The zero-order valence-corrected chi connectivity index (χ0v) is 12.9. The highest BCUT2D eigenvalue weighted by atomic mass is 32.2. The summed E-state index contributed by atoms with van der Waals surface area (Å²) < 4.78 is 74.1. The summed E-state index contributed by atoms with van der Waals surface area (Å²) in [7, 11) is -5.26. The fraction of sp³-hybridized carbons (Fsp3) is 1.00. The van der Waals surface area contributed by atoms with E-state index in [2.05, 4.69) is 0 Å². The average Bonchev–Trinajstić information content (AvgIpc) is 2.83. The van der Waals surface area contributed by atoms with Gasteiger partial charge in [0.1, 0.15) is 10.3 Å². The molecule has 0 aromatic rings. The summed E-state index contributed by atoms with van der Waals surface area (Å²) in [6, 6.07) is 0. The first-order chi connectivity index (χ1) is 10.2. The van der Waals surface area contributed by atoms with Crippen LogP contribution in [0.15, 0.2) is 0 Å². The van der Waals surface area contributed by atoms with Crippen LogP contribution in [0.2, 0.25) is 0 Å². The maximum atomic E-state index is 13.1. The Kier molecular flexibility index (Phi) is 2.89. The molecule has 4 fully saturated rings. The highest BCUT2D eigenvalue weighted by Crippen LogP contribution is 2.68. The molecule has 0 radical (unpaired) electrons. The Bertz CT molecular complexity index is 596. The van der Waals surface area contributed by atoms with Gasteiger partial charge in [-0.3, -0.25) is 0 Å². The normalized spacial score (nSPS) is 43.7. The summed E-state index contributed by atoms with van der Waals surface area (Å²) in [6.45, 7) is 0. The first kappa shape index (κ1) is 15.2. The van der Waals surface area contributed by atoms with E-state index in [0.29, 0.717) is 25.7 Å². The number of halogens is 3. The third kappa shape index (κ3) is 1.54. The van der Waals surface area contributed by atoms with E-state index < -0.39 is 37.6 Å². The molecule has 126 valence electrons. The standard InChI is InChI=1S/C14H19F3O4S/c15-14(16,17)22(18,19)11-7-4-10-13(11,9-8-11)21-12(20-10)5-2-1-3-6-12/h10H,1-9H2/t10-,11+,13-/m0/s1. The van der Waals surface area contributed by atoms with Crippen LogP contribution in [0.25, 0.3) is 0 Å². The van der Waals surface area contributed by atoms with Gasteiger partial charge in [0.05, 0.1) is 6.10 Å². The number of hydrogen-bond acceptors (Lipinski definition) is 4. The highest BCUT2D eigenvalue weighted by Gasteiger charge is 2.82. The highest BCUT2D eigenvalue weighted by molar-refractivity contribution is 7.93. The second-order valence-electron chi connectivity index (χ2n) is 7.05. The molecule has 8 heteroatoms. The van der Waals surface area contributed by atoms with Gasteiger partial charge in [0.2, 0.25) is 0 Å². The van der Waals surface area contributed by atoms with Crippen molar-refractivity contribution in [2.45, 2.75) is 85.5 Å². The molecule has 0 bridgehead atoms. The van der Waals surface area contributed by atoms with Crippen LogP contribution in [-0.2, 0) is 19.3 Å². The van der Waals surface area contributed by atoms with Gasteiger partial charge in [-0.1, -0.05) is 6.42 Å². The van der Waals surface area contributed by atoms with Crippen LogP contribution in [0.4, 0.5) is 13.2 Å². The lowest BCUT2D eigenvalue weighted by Crippen LogP contribution is -2.69. The molecular weight excluding hydrogens is 321 g/mol. The fourth-order valence-corrected chi connectivity index (χ4v) is 6.98. The number of sulfone groups is 1. The van der Waals surface area contributed by atoms with Gasteiger partial charge in [-0.25, -0.2) is 8.42 Å². The van der Waals surface area contributed by atoms with Crippen molar-refractivity contribution < 1.29 is 31.1 Å². The van der Waals surface area contributed by atoms with Crippen molar-refractivity contribution in [2.24, 2.45) is 0 Å². The minimum Gasteiger partial charge on any atom is -0.344 e. The lowest BCUT2D eigenvalue weighted by Gasteiger charge is -2.53. The van der Waals surface area contributed by atoms with Gasteiger partial charge in [0, 0.05) is 12.8 Å². The summed E-state index contributed by atoms with van der Waals surface area (Å²) in [6.07, 6.45) is 4.31. The van der Waals surface area contributed by atoms with E-state index in [1.807, 2.05) is 0 Å². The quantitative estimate of drug-likeness (QED) is 0.736. The van der Waals surface area contributed by atoms with E-state index in [-0.39, 0.29) is 12.8 Å². The molecule has 1 saturated heterocycles. The van der Waals surface area contributed by atoms with Crippen LogP contribution in [-0.4, -0.2) is 36.2 Å². The molecule has 0 amide bonds. The van der Waals surface area contributed by atoms with E-state index in [0.717, 1.165) is 19.3 Å². The molecule has 4 nitrogen and oxygen atoms in total. The van der Waals surface area contributed by atoms with Gasteiger partial charge < -0.3 is 9.47 Å². The molecule has 4 rings (SSSR count). The zero-order valence-electron chi connectivity index (χ0n) is 12.1. The maximum Gasteiger partial charge on any atom is 0.498 e. The molecule has 0 unspecified atom stereocenters. The van der Waals surface area contributed by atoms with Crippen molar-refractivity contribution >= 4 is 9.84 Å². The number of rotatable bonds is 1. The monoisotopic (exact) mass is 340 g/mol. The fourth-order valence-electron chi connectivity index (χ4n) is 5.05. The third-order valence-electron chi connectivity index (χ3n) is 6.16. The third-order valence-corrected chi connectivity index (χ3v) is 8.55. The maximum absolute atomic E-state index is 13.1. The minimum atomic E-state index is -5.26. The molecule has 1 heterocycles. The van der Waals surface area contributed by atoms with E-state index in [4.69, 9.17) is 9.47 Å². The Labute approximate surface area is 127 Å². The van der Waals surface area contributed by atoms with Gasteiger partial charge in [0.25, 0.3) is 9.84 Å². The lowest BCUT2D eigenvalue weighted by molar-refractivity contribution is -0.229. The van der Waals surface area contributed by atoms with E-state index >= 15 is 0 Å². The van der Waals surface area contributed by atoms with E-state index in [9.17, 15) is 21.6 Å². The van der Waals surface area contributed by atoms with Crippen LogP contribution in [0.5, 0.6) is 0 Å². The minimum absolute atomic E-state index is 0.0183. The van der Waals surface area contributed by atoms with Gasteiger partial charge in [-0.2, -0.15) is 13.2 Å². The Morgan fingerprint density at radius 3 is 2.18 bits per heavy atom. The van der Waals surface area contributed by atoms with Crippen molar-refractivity contribution in [1.29, 1.82) is 0 Å². The Balaban J connectivity index is 1.73. The molecule has 22 heavy (non-hydrogen) atoms. The van der Waals surface area contributed by atoms with Crippen LogP contribution in [0, 0.1) is 0 Å². The predicted octanol–water partition coefficient (Wildman–Crippen LogP) is 3.06. The predicted molar refractivity (Wildman–Crippen MR) is 70.7 cm³/mol. The topological polar surface area (TPSA) is 52.6 Å². The van der Waals surface area contributed by atoms with Crippen LogP contribution in [0.3, 0.4) is 0 Å². The van der Waals surface area contributed by atoms with Gasteiger partial charge in [-0.15, -0.1) is 0 Å². The van der Waals surface area contributed by atoms with Crippen molar-refractivity contribution in [2.75, 3.05) is 0 Å². The second-order valence-corrected chi connectivity index (χ2v) is 9.30. The summed E-state index contributed by atoms with van der Waals surface area (Å²) in [5, 5.41) is 0. The molecule has 0 aromatic heterocycles. The second kappa shape index (κ2) is 4.19. The van der Waals surface area contributed by atoms with Crippen molar-refractivity contribution in [3.05, 3.63) is 0 Å². The van der Waals surface area contributed by atoms with E-state index in [1.165, 1.54) is 0 Å². The first-order valence-electron chi connectivity index (χ1n) is 7.87. The molecule has 0 aromatic carbocycles. The molecular formula is C14H19F3O4S. The van der Waals surface area contributed by atoms with Gasteiger partial charge in [-0.05, 0) is 38.5 Å². The SMILES string of the molecule is O=S(=O)(C(F)(F)F)[C@@]12CC[C@@H]3OC4(CCCCC4)O[C@@]31CC2. The van der Waals surface area contributed by atoms with Crippen LogP contribution < -0.4 is 0 Å². The molecule has 4 aliphatic rings. The summed E-state index contributed by atoms with van der Waals surface area (Å²) in [4.78, 5) is 0. The van der Waals surface area contributed by atoms with E-state index in [1.54, 1.807) is 0 Å². The average molecular weight is 340 g/mol. The van der Waals surface area contributed by atoms with Crippen LogP contribution in [0.1, 0.15) is 57.8 Å². The summed E-state index contributed by atoms with van der Waals surface area (Å²) >= 11 is 0. The lowest BCUT2D eigenvalue weighted by atomic mass is 9.70. The zero-order chi connectivity index (χ0) is 15.9. The molecule has 0 N–H and O–H groups in total. The van der Waals surface area contributed by atoms with Crippen molar-refractivity contribution in [1.82, 2.24) is 0 Å².